The molecule has 1 amide bonds. The standard InChI is InChI=1S/C13H24N4O2/c1-9(2)6-11-15-13(19-16-11)8-17(5)7-12(18)14-10(3)4/h9-10H,6-8H2,1-5H3,(H,14,18). The van der Waals surface area contributed by atoms with Crippen molar-refractivity contribution in [3.05, 3.63) is 11.7 Å². The highest BCUT2D eigenvalue weighted by Gasteiger charge is 2.13. The molecule has 1 rings (SSSR count). The van der Waals surface area contributed by atoms with Crippen molar-refractivity contribution in [1.29, 1.82) is 0 Å². The van der Waals surface area contributed by atoms with E-state index in [9.17, 15) is 4.79 Å². The molecule has 0 atom stereocenters. The van der Waals surface area contributed by atoms with Crippen LogP contribution < -0.4 is 5.32 Å². The van der Waals surface area contributed by atoms with Crippen LogP contribution in [-0.2, 0) is 17.8 Å². The summed E-state index contributed by atoms with van der Waals surface area (Å²) in [6.07, 6.45) is 0.807. The molecule has 1 aromatic heterocycles. The minimum absolute atomic E-state index is 0.000538. The van der Waals surface area contributed by atoms with Gasteiger partial charge in [-0.05, 0) is 26.8 Å². The van der Waals surface area contributed by atoms with E-state index in [0.717, 1.165) is 12.2 Å². The summed E-state index contributed by atoms with van der Waals surface area (Å²) in [6, 6.07) is 0.155. The largest absolute Gasteiger partial charge is 0.353 e. The fourth-order valence-corrected chi connectivity index (χ4v) is 1.70. The van der Waals surface area contributed by atoms with Crippen molar-refractivity contribution in [3.8, 4) is 0 Å². The van der Waals surface area contributed by atoms with Crippen molar-refractivity contribution in [2.45, 2.75) is 46.7 Å². The van der Waals surface area contributed by atoms with Crippen molar-refractivity contribution in [1.82, 2.24) is 20.4 Å². The van der Waals surface area contributed by atoms with E-state index < -0.39 is 0 Å². The van der Waals surface area contributed by atoms with Crippen molar-refractivity contribution in [3.63, 3.8) is 0 Å². The molecule has 0 radical (unpaired) electrons. The Morgan fingerprint density at radius 1 is 1.37 bits per heavy atom. The Kier molecular flexibility index (Phi) is 5.95. The molecule has 19 heavy (non-hydrogen) atoms. The molecular formula is C13H24N4O2. The molecule has 0 spiro atoms. The summed E-state index contributed by atoms with van der Waals surface area (Å²) >= 11 is 0. The van der Waals surface area contributed by atoms with Crippen LogP contribution in [0.1, 0.15) is 39.4 Å². The summed E-state index contributed by atoms with van der Waals surface area (Å²) in [6.45, 7) is 8.90. The van der Waals surface area contributed by atoms with Crippen LogP contribution in [0.5, 0.6) is 0 Å². The second-order valence-corrected chi connectivity index (χ2v) is 5.60. The lowest BCUT2D eigenvalue weighted by atomic mass is 10.1. The first-order chi connectivity index (χ1) is 8.86. The minimum Gasteiger partial charge on any atom is -0.353 e. The van der Waals surface area contributed by atoms with Gasteiger partial charge in [0.25, 0.3) is 0 Å². The second kappa shape index (κ2) is 7.23. The fraction of sp³-hybridized carbons (Fsp3) is 0.769. The number of hydrogen-bond acceptors (Lipinski definition) is 5. The summed E-state index contributed by atoms with van der Waals surface area (Å²) in [5, 5.41) is 6.77. The van der Waals surface area contributed by atoms with E-state index in [1.807, 2.05) is 25.8 Å². The van der Waals surface area contributed by atoms with Crippen molar-refractivity contribution in [2.75, 3.05) is 13.6 Å². The van der Waals surface area contributed by atoms with Gasteiger partial charge in [0.2, 0.25) is 11.8 Å². The van der Waals surface area contributed by atoms with E-state index >= 15 is 0 Å². The molecule has 1 heterocycles. The maximum absolute atomic E-state index is 11.6. The second-order valence-electron chi connectivity index (χ2n) is 5.60. The van der Waals surface area contributed by atoms with Crippen LogP contribution in [0.15, 0.2) is 4.52 Å². The van der Waals surface area contributed by atoms with E-state index in [0.29, 0.717) is 24.9 Å². The zero-order valence-electron chi connectivity index (χ0n) is 12.4. The molecule has 0 bridgehead atoms. The minimum atomic E-state index is -0.000538. The molecule has 1 N–H and O–H groups in total. The number of nitrogens with zero attached hydrogens (tertiary/aromatic N) is 3. The maximum atomic E-state index is 11.6. The first kappa shape index (κ1) is 15.6. The van der Waals surface area contributed by atoms with Gasteiger partial charge in [-0.1, -0.05) is 19.0 Å². The van der Waals surface area contributed by atoms with Gasteiger partial charge in [0, 0.05) is 12.5 Å². The number of carbonyl (C=O) groups excluding carboxylic acids is 1. The molecule has 6 nitrogen and oxygen atoms in total. The zero-order valence-corrected chi connectivity index (χ0v) is 12.4. The van der Waals surface area contributed by atoms with Crippen molar-refractivity contribution >= 4 is 5.91 Å². The van der Waals surface area contributed by atoms with Crippen molar-refractivity contribution in [2.24, 2.45) is 5.92 Å². The van der Waals surface area contributed by atoms with Crippen LogP contribution in [0, 0.1) is 5.92 Å². The van der Waals surface area contributed by atoms with E-state index in [4.69, 9.17) is 4.52 Å². The topological polar surface area (TPSA) is 71.3 Å². The monoisotopic (exact) mass is 268 g/mol. The summed E-state index contributed by atoms with van der Waals surface area (Å²) in [7, 11) is 1.85. The number of nitrogens with one attached hydrogen (secondary N) is 1. The Bertz CT molecular complexity index is 401. The number of amides is 1. The summed E-state index contributed by atoms with van der Waals surface area (Å²) in [5.74, 6) is 1.78. The summed E-state index contributed by atoms with van der Waals surface area (Å²) < 4.78 is 5.16. The average Bonchev–Trinajstić information content (AvgIpc) is 2.62. The van der Waals surface area contributed by atoms with Gasteiger partial charge in [0.15, 0.2) is 5.82 Å². The molecular weight excluding hydrogens is 244 g/mol. The van der Waals surface area contributed by atoms with Crippen LogP contribution in [-0.4, -0.2) is 40.6 Å². The quantitative estimate of drug-likeness (QED) is 0.805. The fourth-order valence-electron chi connectivity index (χ4n) is 1.70. The van der Waals surface area contributed by atoms with Gasteiger partial charge in [-0.25, -0.2) is 0 Å². The molecule has 0 saturated heterocycles. The van der Waals surface area contributed by atoms with Crippen LogP contribution in [0.25, 0.3) is 0 Å². The third-order valence-corrected chi connectivity index (χ3v) is 2.37. The molecule has 1 aromatic rings. The van der Waals surface area contributed by atoms with Crippen molar-refractivity contribution < 1.29 is 9.32 Å². The highest BCUT2D eigenvalue weighted by Crippen LogP contribution is 2.06. The maximum Gasteiger partial charge on any atom is 0.240 e. The van der Waals surface area contributed by atoms with Gasteiger partial charge in [-0.2, -0.15) is 4.98 Å². The Balaban J connectivity index is 2.41. The van der Waals surface area contributed by atoms with Crippen LogP contribution in [0.3, 0.4) is 0 Å². The third-order valence-electron chi connectivity index (χ3n) is 2.37. The third kappa shape index (κ3) is 6.33. The van der Waals surface area contributed by atoms with Gasteiger partial charge in [-0.15, -0.1) is 0 Å². The van der Waals surface area contributed by atoms with Gasteiger partial charge < -0.3 is 9.84 Å². The Morgan fingerprint density at radius 2 is 2.05 bits per heavy atom. The normalized spacial score (nSPS) is 11.6. The van der Waals surface area contributed by atoms with Gasteiger partial charge >= 0.3 is 0 Å². The summed E-state index contributed by atoms with van der Waals surface area (Å²) in [5.41, 5.74) is 0. The Morgan fingerprint density at radius 3 is 2.63 bits per heavy atom. The molecule has 0 aliphatic heterocycles. The van der Waals surface area contributed by atoms with Crippen LogP contribution in [0.4, 0.5) is 0 Å². The average molecular weight is 268 g/mol. The molecule has 0 aliphatic rings. The van der Waals surface area contributed by atoms with Crippen LogP contribution >= 0.6 is 0 Å². The predicted octanol–water partition coefficient (Wildman–Crippen LogP) is 1.22. The first-order valence-corrected chi connectivity index (χ1v) is 6.66. The van der Waals surface area contributed by atoms with E-state index in [2.05, 4.69) is 29.3 Å². The smallest absolute Gasteiger partial charge is 0.240 e. The van der Waals surface area contributed by atoms with Crippen LogP contribution in [0.2, 0.25) is 0 Å². The Hall–Kier alpha value is -1.43. The Labute approximate surface area is 114 Å². The van der Waals surface area contributed by atoms with E-state index in [1.165, 1.54) is 0 Å². The van der Waals surface area contributed by atoms with E-state index in [1.54, 1.807) is 0 Å². The molecule has 0 aliphatic carbocycles. The predicted molar refractivity (Wildman–Crippen MR) is 72.5 cm³/mol. The lowest BCUT2D eigenvalue weighted by Gasteiger charge is -2.15. The molecule has 108 valence electrons. The molecule has 0 saturated carbocycles. The van der Waals surface area contributed by atoms with Gasteiger partial charge in [0.1, 0.15) is 0 Å². The van der Waals surface area contributed by atoms with E-state index in [-0.39, 0.29) is 11.9 Å². The zero-order chi connectivity index (χ0) is 14.4. The number of likely N-dealkylation sites (N-methyl/N-ethyl adjacent to an activating group) is 1. The molecule has 6 heteroatoms. The number of aromatic nitrogens is 2. The van der Waals surface area contributed by atoms with Gasteiger partial charge in [0.05, 0.1) is 13.1 Å². The molecule has 0 unspecified atom stereocenters. The highest BCUT2D eigenvalue weighted by atomic mass is 16.5. The summed E-state index contributed by atoms with van der Waals surface area (Å²) in [4.78, 5) is 17.7. The lowest BCUT2D eigenvalue weighted by Crippen LogP contribution is -2.38. The number of carbonyl (C=O) groups is 1. The highest BCUT2D eigenvalue weighted by molar-refractivity contribution is 5.78. The first-order valence-electron chi connectivity index (χ1n) is 6.66. The SMILES string of the molecule is CC(C)Cc1noc(CN(C)CC(=O)NC(C)C)n1. The van der Waals surface area contributed by atoms with Gasteiger partial charge in [-0.3, -0.25) is 9.69 Å². The lowest BCUT2D eigenvalue weighted by molar-refractivity contribution is -0.122. The number of hydrogen-bond donors (Lipinski definition) is 1. The molecule has 0 aromatic carbocycles. The number of rotatable bonds is 7. The molecule has 0 fully saturated rings.